The van der Waals surface area contributed by atoms with E-state index in [2.05, 4.69) is 5.32 Å². The average molecular weight is 281 g/mol. The number of carbonyl (C=O) groups excluding carboxylic acids is 1. The number of nitrogens with two attached hydrogens (primary N) is 1. The van der Waals surface area contributed by atoms with E-state index in [9.17, 15) is 4.79 Å². The Labute approximate surface area is 124 Å². The van der Waals surface area contributed by atoms with Crippen LogP contribution in [0.3, 0.4) is 0 Å². The predicted octanol–water partition coefficient (Wildman–Crippen LogP) is 3.64. The van der Waals surface area contributed by atoms with Gasteiger partial charge in [-0.2, -0.15) is 0 Å². The Morgan fingerprint density at radius 1 is 1.10 bits per heavy atom. The van der Waals surface area contributed by atoms with Gasteiger partial charge in [-0.25, -0.2) is 4.79 Å². The number of aryl methyl sites for hydroxylation is 1. The van der Waals surface area contributed by atoms with Gasteiger partial charge in [0.25, 0.3) is 0 Å². The molecular weight excluding hydrogens is 262 g/mol. The maximum Gasteiger partial charge on any atom is 0.326 e. The number of para-hydroxylation sites is 1. The van der Waals surface area contributed by atoms with Crippen molar-refractivity contribution in [1.82, 2.24) is 0 Å². The summed E-state index contributed by atoms with van der Waals surface area (Å²) in [4.78, 5) is 14.4. The molecule has 1 aliphatic rings. The summed E-state index contributed by atoms with van der Waals surface area (Å²) in [5.41, 5.74) is 9.53. The molecule has 0 radical (unpaired) electrons. The lowest BCUT2D eigenvalue weighted by Gasteiger charge is -2.23. The number of nitrogens with zero attached hydrogens (tertiary/aromatic N) is 1. The van der Waals surface area contributed by atoms with Gasteiger partial charge in [0.05, 0.1) is 0 Å². The van der Waals surface area contributed by atoms with Crippen molar-refractivity contribution in [2.75, 3.05) is 22.5 Å². The number of anilines is 3. The van der Waals surface area contributed by atoms with Crippen LogP contribution in [0, 0.1) is 0 Å². The van der Waals surface area contributed by atoms with Crippen molar-refractivity contribution in [3.63, 3.8) is 0 Å². The maximum atomic E-state index is 12.6. The molecule has 2 amide bonds. The predicted molar refractivity (Wildman–Crippen MR) is 86.6 cm³/mol. The molecule has 0 aromatic heterocycles. The van der Waals surface area contributed by atoms with Gasteiger partial charge in [-0.05, 0) is 55.2 Å². The summed E-state index contributed by atoms with van der Waals surface area (Å²) < 4.78 is 0. The summed E-state index contributed by atoms with van der Waals surface area (Å²) in [7, 11) is 0. The van der Waals surface area contributed by atoms with Crippen LogP contribution in [0.4, 0.5) is 21.9 Å². The van der Waals surface area contributed by atoms with E-state index in [1.165, 1.54) is 0 Å². The first-order valence-electron chi connectivity index (χ1n) is 7.26. The zero-order chi connectivity index (χ0) is 14.7. The first-order chi connectivity index (χ1) is 10.2. The smallest absolute Gasteiger partial charge is 0.326 e. The summed E-state index contributed by atoms with van der Waals surface area (Å²) in [5.74, 6) is 0. The molecule has 3 rings (SSSR count). The first-order valence-corrected chi connectivity index (χ1v) is 7.26. The van der Waals surface area contributed by atoms with E-state index in [0.717, 1.165) is 48.4 Å². The summed E-state index contributed by atoms with van der Waals surface area (Å²) in [6, 6.07) is 15.2. The van der Waals surface area contributed by atoms with E-state index in [1.54, 1.807) is 0 Å². The number of fused-ring (bicyclic) bond motifs is 1. The third kappa shape index (κ3) is 2.99. The fourth-order valence-corrected chi connectivity index (χ4v) is 2.70. The topological polar surface area (TPSA) is 58.4 Å². The summed E-state index contributed by atoms with van der Waals surface area (Å²) in [5, 5.41) is 2.95. The molecule has 4 heteroatoms. The first kappa shape index (κ1) is 13.5. The summed E-state index contributed by atoms with van der Waals surface area (Å²) in [6.45, 7) is 0.732. The van der Waals surface area contributed by atoms with Crippen molar-refractivity contribution < 1.29 is 4.79 Å². The fraction of sp³-hybridized carbons (Fsp3) is 0.235. The standard InChI is InChI=1S/C17H19N3O/c18-14-9-10-16-13(12-14)6-4-5-11-20(16)17(21)19-15-7-2-1-3-8-15/h1-3,7-10,12H,4-6,11,18H2,(H,19,21). The molecule has 0 fully saturated rings. The van der Waals surface area contributed by atoms with Crippen molar-refractivity contribution in [1.29, 1.82) is 0 Å². The second kappa shape index (κ2) is 5.87. The summed E-state index contributed by atoms with van der Waals surface area (Å²) >= 11 is 0. The van der Waals surface area contributed by atoms with Gasteiger partial charge in [-0.15, -0.1) is 0 Å². The Hall–Kier alpha value is -2.49. The number of benzene rings is 2. The minimum atomic E-state index is -0.0888. The van der Waals surface area contributed by atoms with E-state index in [-0.39, 0.29) is 6.03 Å². The third-order valence-electron chi connectivity index (χ3n) is 3.74. The number of hydrogen-bond donors (Lipinski definition) is 2. The lowest BCUT2D eigenvalue weighted by atomic mass is 10.1. The highest BCUT2D eigenvalue weighted by Gasteiger charge is 2.21. The number of amides is 2. The molecule has 0 bridgehead atoms. The van der Waals surface area contributed by atoms with Gasteiger partial charge >= 0.3 is 6.03 Å². The van der Waals surface area contributed by atoms with E-state index < -0.39 is 0 Å². The van der Waals surface area contributed by atoms with Gasteiger partial charge in [-0.1, -0.05) is 18.2 Å². The highest BCUT2D eigenvalue weighted by Crippen LogP contribution is 2.28. The van der Waals surface area contributed by atoms with Crippen LogP contribution in [0.2, 0.25) is 0 Å². The molecule has 0 saturated heterocycles. The van der Waals surface area contributed by atoms with Crippen molar-refractivity contribution >= 4 is 23.1 Å². The van der Waals surface area contributed by atoms with Gasteiger partial charge in [0.1, 0.15) is 0 Å². The molecule has 0 saturated carbocycles. The Kier molecular flexibility index (Phi) is 3.77. The van der Waals surface area contributed by atoms with Gasteiger partial charge in [-0.3, -0.25) is 4.90 Å². The molecule has 3 N–H and O–H groups in total. The zero-order valence-corrected chi connectivity index (χ0v) is 11.9. The zero-order valence-electron chi connectivity index (χ0n) is 11.9. The quantitative estimate of drug-likeness (QED) is 0.784. The van der Waals surface area contributed by atoms with Gasteiger partial charge in [0.15, 0.2) is 0 Å². The highest BCUT2D eigenvalue weighted by atomic mass is 16.2. The van der Waals surface area contributed by atoms with Crippen LogP contribution >= 0.6 is 0 Å². The van der Waals surface area contributed by atoms with Gasteiger partial charge in [0, 0.05) is 23.6 Å². The van der Waals surface area contributed by atoms with Crippen LogP contribution in [0.15, 0.2) is 48.5 Å². The second-order valence-electron chi connectivity index (χ2n) is 5.29. The SMILES string of the molecule is Nc1ccc2c(c1)CCCCN2C(=O)Nc1ccccc1. The number of nitrogen functional groups attached to an aromatic ring is 1. The minimum absolute atomic E-state index is 0.0888. The molecule has 0 aliphatic carbocycles. The van der Waals surface area contributed by atoms with E-state index >= 15 is 0 Å². The molecule has 0 spiro atoms. The molecule has 1 aliphatic heterocycles. The van der Waals surface area contributed by atoms with Crippen molar-refractivity contribution in [2.24, 2.45) is 0 Å². The molecule has 1 heterocycles. The molecule has 4 nitrogen and oxygen atoms in total. The van der Waals surface area contributed by atoms with Crippen LogP contribution in [0.1, 0.15) is 18.4 Å². The third-order valence-corrected chi connectivity index (χ3v) is 3.74. The van der Waals surface area contributed by atoms with Gasteiger partial charge in [0.2, 0.25) is 0 Å². The van der Waals surface area contributed by atoms with Crippen LogP contribution in [-0.2, 0) is 6.42 Å². The maximum absolute atomic E-state index is 12.6. The van der Waals surface area contributed by atoms with Crippen LogP contribution in [0.5, 0.6) is 0 Å². The number of hydrogen-bond acceptors (Lipinski definition) is 2. The van der Waals surface area contributed by atoms with Crippen molar-refractivity contribution in [3.8, 4) is 0 Å². The molecule has 2 aromatic carbocycles. The van der Waals surface area contributed by atoms with Crippen LogP contribution in [0.25, 0.3) is 0 Å². The molecule has 21 heavy (non-hydrogen) atoms. The van der Waals surface area contributed by atoms with E-state index in [1.807, 2.05) is 53.4 Å². The number of rotatable bonds is 1. The Morgan fingerprint density at radius 3 is 2.71 bits per heavy atom. The normalized spacial score (nSPS) is 14.2. The monoisotopic (exact) mass is 281 g/mol. The van der Waals surface area contributed by atoms with E-state index in [4.69, 9.17) is 5.73 Å². The molecule has 2 aromatic rings. The largest absolute Gasteiger partial charge is 0.399 e. The molecule has 0 unspecified atom stereocenters. The Balaban J connectivity index is 1.86. The average Bonchev–Trinajstić information content (AvgIpc) is 2.70. The Bertz CT molecular complexity index is 640. The highest BCUT2D eigenvalue weighted by molar-refractivity contribution is 6.02. The van der Waals surface area contributed by atoms with Crippen molar-refractivity contribution in [3.05, 3.63) is 54.1 Å². The lowest BCUT2D eigenvalue weighted by molar-refractivity contribution is 0.257. The van der Waals surface area contributed by atoms with Crippen molar-refractivity contribution in [2.45, 2.75) is 19.3 Å². The minimum Gasteiger partial charge on any atom is -0.399 e. The number of urea groups is 1. The van der Waals surface area contributed by atoms with Crippen LogP contribution in [-0.4, -0.2) is 12.6 Å². The number of carbonyl (C=O) groups is 1. The summed E-state index contributed by atoms with van der Waals surface area (Å²) in [6.07, 6.45) is 3.04. The number of nitrogens with one attached hydrogen (secondary N) is 1. The second-order valence-corrected chi connectivity index (χ2v) is 5.29. The lowest BCUT2D eigenvalue weighted by Crippen LogP contribution is -2.35. The molecular formula is C17H19N3O. The van der Waals surface area contributed by atoms with Gasteiger partial charge < -0.3 is 11.1 Å². The molecule has 108 valence electrons. The van der Waals surface area contributed by atoms with Crippen LogP contribution < -0.4 is 16.0 Å². The van der Waals surface area contributed by atoms with E-state index in [0.29, 0.717) is 0 Å². The molecule has 0 atom stereocenters. The fourth-order valence-electron chi connectivity index (χ4n) is 2.70. The Morgan fingerprint density at radius 2 is 1.90 bits per heavy atom.